The molecule has 2 aromatic carbocycles. The van der Waals surface area contributed by atoms with Crippen LogP contribution in [0.4, 0.5) is 4.39 Å². The first-order valence-corrected chi connectivity index (χ1v) is 11.8. The van der Waals surface area contributed by atoms with E-state index < -0.39 is 40.6 Å². The lowest BCUT2D eigenvalue weighted by molar-refractivity contribution is -0.149. The molecule has 1 amide bonds. The van der Waals surface area contributed by atoms with Gasteiger partial charge in [-0.25, -0.2) is 9.18 Å². The highest BCUT2D eigenvalue weighted by atomic mass is 19.1. The molecule has 0 aliphatic carbocycles. The summed E-state index contributed by atoms with van der Waals surface area (Å²) in [4.78, 5) is 53.8. The smallest absolute Gasteiger partial charge is 0.352 e. The zero-order chi connectivity index (χ0) is 25.8. The average Bonchev–Trinajstić information content (AvgIpc) is 2.86. The lowest BCUT2D eigenvalue weighted by atomic mass is 9.98. The Balaban J connectivity index is 1.79. The molecule has 1 aliphatic heterocycles. The van der Waals surface area contributed by atoms with Crippen LogP contribution in [0.5, 0.6) is 0 Å². The van der Waals surface area contributed by atoms with Crippen LogP contribution >= 0.6 is 0 Å². The lowest BCUT2D eigenvalue weighted by Gasteiger charge is -2.31. The van der Waals surface area contributed by atoms with Crippen molar-refractivity contribution < 1.29 is 18.7 Å². The van der Waals surface area contributed by atoms with Crippen molar-refractivity contribution in [2.45, 2.75) is 33.2 Å². The van der Waals surface area contributed by atoms with Crippen molar-refractivity contribution in [3.8, 4) is 5.69 Å². The van der Waals surface area contributed by atoms with E-state index in [4.69, 9.17) is 4.74 Å². The van der Waals surface area contributed by atoms with Crippen molar-refractivity contribution in [3.05, 3.63) is 92.0 Å². The second-order valence-electron chi connectivity index (χ2n) is 8.75. The van der Waals surface area contributed by atoms with E-state index in [0.29, 0.717) is 24.9 Å². The fourth-order valence-electron chi connectivity index (χ4n) is 4.32. The first-order valence-electron chi connectivity index (χ1n) is 11.8. The maximum Gasteiger partial charge on any atom is 0.352 e. The molecule has 2 heterocycles. The number of piperidine rings is 1. The van der Waals surface area contributed by atoms with Crippen LogP contribution in [0.25, 0.3) is 5.69 Å². The van der Waals surface area contributed by atoms with E-state index in [2.05, 4.69) is 5.10 Å². The molecular formula is C26H27FN4O5. The minimum absolute atomic E-state index is 0.0788. The van der Waals surface area contributed by atoms with E-state index in [-0.39, 0.29) is 25.4 Å². The number of nitrogens with zero attached hydrogens (tertiary/aromatic N) is 4. The largest absolute Gasteiger partial charge is 0.466 e. The number of esters is 1. The first-order chi connectivity index (χ1) is 17.3. The van der Waals surface area contributed by atoms with Crippen LogP contribution in [0, 0.1) is 18.7 Å². The predicted molar refractivity (Wildman–Crippen MR) is 130 cm³/mol. The number of hydrogen-bond acceptors (Lipinski definition) is 6. The van der Waals surface area contributed by atoms with E-state index in [1.165, 1.54) is 23.1 Å². The Kier molecular flexibility index (Phi) is 7.42. The van der Waals surface area contributed by atoms with Crippen LogP contribution in [-0.2, 0) is 16.1 Å². The van der Waals surface area contributed by atoms with Gasteiger partial charge in [0.15, 0.2) is 0 Å². The standard InChI is InChI=1S/C26H27FN4O5/c1-3-36-25(34)19-9-6-12-29(16-19)23(32)22-24(33)30(15-18-8-4-7-17(2)13-18)26(35)31(28-22)21-11-5-10-20(27)14-21/h4-5,7-8,10-11,13-14,19H,3,6,9,12,15-16H2,1-2H3/t19-/m0/s1. The molecule has 10 heteroatoms. The Morgan fingerprint density at radius 2 is 1.92 bits per heavy atom. The quantitative estimate of drug-likeness (QED) is 0.487. The molecule has 9 nitrogen and oxygen atoms in total. The molecular weight excluding hydrogens is 467 g/mol. The van der Waals surface area contributed by atoms with Crippen molar-refractivity contribution in [1.29, 1.82) is 0 Å². The van der Waals surface area contributed by atoms with Gasteiger partial charge in [0.2, 0.25) is 5.69 Å². The molecule has 1 saturated heterocycles. The van der Waals surface area contributed by atoms with Crippen molar-refractivity contribution in [3.63, 3.8) is 0 Å². The molecule has 4 rings (SSSR count). The summed E-state index contributed by atoms with van der Waals surface area (Å²) in [6.45, 7) is 4.13. The van der Waals surface area contributed by atoms with Crippen LogP contribution in [0.1, 0.15) is 41.4 Å². The van der Waals surface area contributed by atoms with Crippen LogP contribution in [0.3, 0.4) is 0 Å². The highest BCUT2D eigenvalue weighted by Gasteiger charge is 2.32. The van der Waals surface area contributed by atoms with Gasteiger partial charge in [-0.15, -0.1) is 0 Å². The van der Waals surface area contributed by atoms with E-state index in [9.17, 15) is 23.6 Å². The summed E-state index contributed by atoms with van der Waals surface area (Å²) in [6.07, 6.45) is 1.12. The number of aromatic nitrogens is 3. The Morgan fingerprint density at radius 3 is 2.64 bits per heavy atom. The predicted octanol–water partition coefficient (Wildman–Crippen LogP) is 2.31. The number of benzene rings is 2. The van der Waals surface area contributed by atoms with Crippen LogP contribution in [0.2, 0.25) is 0 Å². The zero-order valence-electron chi connectivity index (χ0n) is 20.1. The maximum absolute atomic E-state index is 14.0. The molecule has 0 N–H and O–H groups in total. The number of hydrogen-bond donors (Lipinski definition) is 0. The Labute approximate surface area is 206 Å². The van der Waals surface area contributed by atoms with Gasteiger partial charge in [-0.1, -0.05) is 35.9 Å². The second-order valence-corrected chi connectivity index (χ2v) is 8.75. The van der Waals surface area contributed by atoms with Crippen molar-refractivity contribution in [2.75, 3.05) is 19.7 Å². The maximum atomic E-state index is 14.0. The molecule has 1 fully saturated rings. The molecule has 1 atom stereocenters. The minimum Gasteiger partial charge on any atom is -0.466 e. The highest BCUT2D eigenvalue weighted by molar-refractivity contribution is 5.92. The monoisotopic (exact) mass is 494 g/mol. The summed E-state index contributed by atoms with van der Waals surface area (Å²) in [6, 6.07) is 12.5. The molecule has 188 valence electrons. The molecule has 36 heavy (non-hydrogen) atoms. The summed E-state index contributed by atoms with van der Waals surface area (Å²) in [5.74, 6) is -2.20. The molecule has 0 bridgehead atoms. The average molecular weight is 495 g/mol. The number of rotatable bonds is 6. The summed E-state index contributed by atoms with van der Waals surface area (Å²) in [5, 5.41) is 4.08. The van der Waals surface area contributed by atoms with Crippen molar-refractivity contribution in [2.24, 2.45) is 5.92 Å². The van der Waals surface area contributed by atoms with Gasteiger partial charge in [-0.2, -0.15) is 9.78 Å². The number of ether oxygens (including phenoxy) is 1. The third kappa shape index (κ3) is 5.27. The van der Waals surface area contributed by atoms with Crippen molar-refractivity contribution in [1.82, 2.24) is 19.2 Å². The molecule has 0 radical (unpaired) electrons. The number of likely N-dealkylation sites (tertiary alicyclic amines) is 1. The molecule has 1 aromatic heterocycles. The third-order valence-electron chi connectivity index (χ3n) is 6.07. The van der Waals surface area contributed by atoms with Gasteiger partial charge in [0.1, 0.15) is 5.82 Å². The number of aryl methyl sites for hydroxylation is 1. The number of carbonyl (C=O) groups is 2. The van der Waals surface area contributed by atoms with Crippen molar-refractivity contribution >= 4 is 11.9 Å². The Hall–Kier alpha value is -4.08. The fourth-order valence-corrected chi connectivity index (χ4v) is 4.32. The number of amides is 1. The van der Waals surface area contributed by atoms with E-state index >= 15 is 0 Å². The van der Waals surface area contributed by atoms with E-state index in [0.717, 1.165) is 20.9 Å². The highest BCUT2D eigenvalue weighted by Crippen LogP contribution is 2.19. The summed E-state index contributed by atoms with van der Waals surface area (Å²) in [7, 11) is 0. The molecule has 1 aliphatic rings. The molecule has 3 aromatic rings. The summed E-state index contributed by atoms with van der Waals surface area (Å²) in [5.41, 5.74) is -0.421. The normalized spacial score (nSPS) is 15.5. The minimum atomic E-state index is -0.850. The number of carbonyl (C=O) groups excluding carboxylic acids is 2. The Morgan fingerprint density at radius 1 is 1.14 bits per heavy atom. The summed E-state index contributed by atoms with van der Waals surface area (Å²) < 4.78 is 20.8. The van der Waals surface area contributed by atoms with Gasteiger partial charge in [0, 0.05) is 13.1 Å². The van der Waals surface area contributed by atoms with Gasteiger partial charge in [-0.3, -0.25) is 19.0 Å². The van der Waals surface area contributed by atoms with Gasteiger partial charge >= 0.3 is 11.7 Å². The van der Waals surface area contributed by atoms with E-state index in [1.54, 1.807) is 19.1 Å². The summed E-state index contributed by atoms with van der Waals surface area (Å²) >= 11 is 0. The zero-order valence-corrected chi connectivity index (χ0v) is 20.1. The fraction of sp³-hybridized carbons (Fsp3) is 0.346. The van der Waals surface area contributed by atoms with Crippen LogP contribution in [-0.4, -0.2) is 50.8 Å². The SMILES string of the molecule is CCOC(=O)[C@H]1CCCN(C(=O)c2nn(-c3cccc(F)c3)c(=O)n(Cc3cccc(C)c3)c2=O)C1. The molecule has 0 spiro atoms. The third-order valence-corrected chi connectivity index (χ3v) is 6.07. The first kappa shape index (κ1) is 25.0. The molecule has 0 unspecified atom stereocenters. The van der Waals surface area contributed by atoms with Gasteiger partial charge in [-0.05, 0) is 50.5 Å². The van der Waals surface area contributed by atoms with Gasteiger partial charge in [0.05, 0.1) is 24.8 Å². The topological polar surface area (TPSA) is 104 Å². The second kappa shape index (κ2) is 10.7. The van der Waals surface area contributed by atoms with Crippen LogP contribution < -0.4 is 11.2 Å². The number of halogens is 1. The van der Waals surface area contributed by atoms with Gasteiger partial charge in [0.25, 0.3) is 11.5 Å². The molecule has 0 saturated carbocycles. The van der Waals surface area contributed by atoms with Gasteiger partial charge < -0.3 is 9.64 Å². The van der Waals surface area contributed by atoms with E-state index in [1.807, 2.05) is 19.1 Å². The Bertz CT molecular complexity index is 1410. The lowest BCUT2D eigenvalue weighted by Crippen LogP contribution is -2.49. The van der Waals surface area contributed by atoms with Crippen LogP contribution in [0.15, 0.2) is 58.1 Å².